The molecule has 86 valence electrons. The van der Waals surface area contributed by atoms with Crippen molar-refractivity contribution in [2.75, 3.05) is 28.4 Å². The van der Waals surface area contributed by atoms with Crippen molar-refractivity contribution in [3.05, 3.63) is 0 Å². The van der Waals surface area contributed by atoms with Gasteiger partial charge in [0.25, 0.3) is 0 Å². The number of rotatable bonds is 8. The predicted molar refractivity (Wildman–Crippen MR) is 54.0 cm³/mol. The average molecular weight is 206 g/mol. The second-order valence-electron chi connectivity index (χ2n) is 3.30. The summed E-state index contributed by atoms with van der Waals surface area (Å²) in [5.74, 6) is 0.331. The first kappa shape index (κ1) is 13.8. The maximum atomic E-state index is 5.16. The Morgan fingerprint density at radius 3 is 1.64 bits per heavy atom. The highest BCUT2D eigenvalue weighted by molar-refractivity contribution is 4.58. The molecule has 0 amide bonds. The lowest BCUT2D eigenvalue weighted by Crippen LogP contribution is -2.24. The van der Waals surface area contributed by atoms with Crippen LogP contribution in [-0.4, -0.2) is 41.0 Å². The molecule has 0 saturated heterocycles. The molecule has 0 heterocycles. The van der Waals surface area contributed by atoms with Crippen LogP contribution in [0.15, 0.2) is 0 Å². The summed E-state index contributed by atoms with van der Waals surface area (Å²) in [4.78, 5) is 0. The van der Waals surface area contributed by atoms with Crippen LogP contribution in [0, 0.1) is 5.92 Å². The van der Waals surface area contributed by atoms with Crippen molar-refractivity contribution >= 4 is 0 Å². The van der Waals surface area contributed by atoms with Crippen LogP contribution < -0.4 is 0 Å². The highest BCUT2D eigenvalue weighted by Gasteiger charge is 2.17. The summed E-state index contributed by atoms with van der Waals surface area (Å²) in [6.45, 7) is 2.08. The molecule has 0 saturated carbocycles. The molecule has 1 unspecified atom stereocenters. The average Bonchev–Trinajstić information content (AvgIpc) is 2.21. The second-order valence-corrected chi connectivity index (χ2v) is 3.30. The van der Waals surface area contributed by atoms with Gasteiger partial charge in [-0.05, 0) is 12.8 Å². The Morgan fingerprint density at radius 1 is 0.786 bits per heavy atom. The Balaban J connectivity index is 3.75. The molecule has 14 heavy (non-hydrogen) atoms. The van der Waals surface area contributed by atoms with Crippen LogP contribution in [0.2, 0.25) is 0 Å². The van der Waals surface area contributed by atoms with Crippen molar-refractivity contribution in [2.24, 2.45) is 5.92 Å². The molecule has 1 atom stereocenters. The minimum absolute atomic E-state index is 0.133. The van der Waals surface area contributed by atoms with Gasteiger partial charge >= 0.3 is 0 Å². The van der Waals surface area contributed by atoms with E-state index in [0.29, 0.717) is 5.92 Å². The molecule has 0 aromatic rings. The molecule has 0 N–H and O–H groups in total. The topological polar surface area (TPSA) is 36.9 Å². The van der Waals surface area contributed by atoms with Gasteiger partial charge in [-0.25, -0.2) is 0 Å². The maximum absolute atomic E-state index is 5.16. The van der Waals surface area contributed by atoms with Gasteiger partial charge in [0, 0.05) is 34.4 Å². The van der Waals surface area contributed by atoms with Gasteiger partial charge in [-0.15, -0.1) is 0 Å². The molecule has 0 rings (SSSR count). The van der Waals surface area contributed by atoms with E-state index in [1.165, 1.54) is 0 Å². The molecule has 0 radical (unpaired) electrons. The summed E-state index contributed by atoms with van der Waals surface area (Å²) in [5.41, 5.74) is 0. The monoisotopic (exact) mass is 206 g/mol. The van der Waals surface area contributed by atoms with E-state index in [4.69, 9.17) is 18.9 Å². The minimum atomic E-state index is -0.149. The lowest BCUT2D eigenvalue weighted by atomic mass is 10.1. The molecular weight excluding hydrogens is 184 g/mol. The van der Waals surface area contributed by atoms with Gasteiger partial charge in [0.05, 0.1) is 0 Å². The van der Waals surface area contributed by atoms with Crippen LogP contribution in [0.4, 0.5) is 0 Å². The molecule has 0 bridgehead atoms. The molecule has 0 aromatic carbocycles. The fourth-order valence-corrected chi connectivity index (χ4v) is 1.43. The third kappa shape index (κ3) is 4.91. The minimum Gasteiger partial charge on any atom is -0.356 e. The van der Waals surface area contributed by atoms with Gasteiger partial charge in [0.2, 0.25) is 0 Å². The number of hydrogen-bond acceptors (Lipinski definition) is 4. The summed E-state index contributed by atoms with van der Waals surface area (Å²) in [5, 5.41) is 0. The normalized spacial score (nSPS) is 13.9. The highest BCUT2D eigenvalue weighted by atomic mass is 16.7. The molecule has 0 fully saturated rings. The van der Waals surface area contributed by atoms with Gasteiger partial charge in [-0.1, -0.05) is 6.92 Å². The van der Waals surface area contributed by atoms with E-state index in [1.54, 1.807) is 28.4 Å². The van der Waals surface area contributed by atoms with Crippen molar-refractivity contribution in [3.8, 4) is 0 Å². The zero-order valence-electron chi connectivity index (χ0n) is 9.78. The Kier molecular flexibility index (Phi) is 8.08. The van der Waals surface area contributed by atoms with E-state index in [1.807, 2.05) is 0 Å². The molecule has 0 aliphatic heterocycles. The van der Waals surface area contributed by atoms with Gasteiger partial charge in [0.15, 0.2) is 12.6 Å². The Hall–Kier alpha value is -0.160. The third-order valence-electron chi connectivity index (χ3n) is 2.31. The fraction of sp³-hybridized carbons (Fsp3) is 1.00. The van der Waals surface area contributed by atoms with Crippen LogP contribution in [0.3, 0.4) is 0 Å². The van der Waals surface area contributed by atoms with E-state index in [2.05, 4.69) is 6.92 Å². The van der Waals surface area contributed by atoms with Gasteiger partial charge in [-0.2, -0.15) is 0 Å². The molecule has 4 heteroatoms. The Morgan fingerprint density at radius 2 is 1.29 bits per heavy atom. The smallest absolute Gasteiger partial charge is 0.159 e. The van der Waals surface area contributed by atoms with E-state index >= 15 is 0 Å². The Labute approximate surface area is 86.5 Å². The molecule has 0 aromatic heterocycles. The van der Waals surface area contributed by atoms with Gasteiger partial charge in [0.1, 0.15) is 0 Å². The van der Waals surface area contributed by atoms with Crippen LogP contribution >= 0.6 is 0 Å². The summed E-state index contributed by atoms with van der Waals surface area (Å²) >= 11 is 0. The van der Waals surface area contributed by atoms with Crippen LogP contribution in [0.5, 0.6) is 0 Å². The summed E-state index contributed by atoms with van der Waals surface area (Å²) in [6, 6.07) is 0. The van der Waals surface area contributed by atoms with E-state index in [0.717, 1.165) is 12.8 Å². The second kappa shape index (κ2) is 8.17. The number of ether oxygens (including phenoxy) is 4. The molecule has 0 aliphatic carbocycles. The SMILES string of the molecule is COC(CCC(C)C(OC)OC)OC. The van der Waals surface area contributed by atoms with Crippen LogP contribution in [0.1, 0.15) is 19.8 Å². The standard InChI is InChI=1S/C10H22O4/c1-8(10(13-4)14-5)6-7-9(11-2)12-3/h8-10H,6-7H2,1-5H3. The quantitative estimate of drug-likeness (QED) is 0.566. The number of hydrogen-bond donors (Lipinski definition) is 0. The highest BCUT2D eigenvalue weighted by Crippen LogP contribution is 2.16. The summed E-state index contributed by atoms with van der Waals surface area (Å²) < 4.78 is 20.5. The zero-order chi connectivity index (χ0) is 11.0. The van der Waals surface area contributed by atoms with Crippen molar-refractivity contribution < 1.29 is 18.9 Å². The van der Waals surface area contributed by atoms with Crippen molar-refractivity contribution in [2.45, 2.75) is 32.3 Å². The first-order valence-corrected chi connectivity index (χ1v) is 4.80. The van der Waals surface area contributed by atoms with E-state index in [9.17, 15) is 0 Å². The summed E-state index contributed by atoms with van der Waals surface area (Å²) in [6.07, 6.45) is 1.51. The molecular formula is C10H22O4. The van der Waals surface area contributed by atoms with E-state index in [-0.39, 0.29) is 12.6 Å². The largest absolute Gasteiger partial charge is 0.356 e. The predicted octanol–water partition coefficient (Wildman–Crippen LogP) is 1.64. The molecule has 4 nitrogen and oxygen atoms in total. The van der Waals surface area contributed by atoms with E-state index < -0.39 is 0 Å². The zero-order valence-corrected chi connectivity index (χ0v) is 9.78. The summed E-state index contributed by atoms with van der Waals surface area (Å²) in [7, 11) is 6.58. The van der Waals surface area contributed by atoms with Crippen LogP contribution in [0.25, 0.3) is 0 Å². The molecule has 0 spiro atoms. The van der Waals surface area contributed by atoms with Crippen molar-refractivity contribution in [3.63, 3.8) is 0 Å². The third-order valence-corrected chi connectivity index (χ3v) is 2.31. The van der Waals surface area contributed by atoms with Crippen molar-refractivity contribution in [1.29, 1.82) is 0 Å². The lowest BCUT2D eigenvalue weighted by molar-refractivity contribution is -0.145. The first-order chi connectivity index (χ1) is 6.69. The van der Waals surface area contributed by atoms with Gasteiger partial charge < -0.3 is 18.9 Å². The van der Waals surface area contributed by atoms with Crippen molar-refractivity contribution in [1.82, 2.24) is 0 Å². The van der Waals surface area contributed by atoms with Crippen LogP contribution in [-0.2, 0) is 18.9 Å². The fourth-order valence-electron chi connectivity index (χ4n) is 1.43. The maximum Gasteiger partial charge on any atom is 0.159 e. The first-order valence-electron chi connectivity index (χ1n) is 4.80. The number of methoxy groups -OCH3 is 4. The Bertz CT molecular complexity index is 121. The van der Waals surface area contributed by atoms with Gasteiger partial charge in [-0.3, -0.25) is 0 Å². The lowest BCUT2D eigenvalue weighted by Gasteiger charge is -2.22. The molecule has 0 aliphatic rings.